The maximum atomic E-state index is 11.6. The molecule has 0 saturated carbocycles. The Bertz CT molecular complexity index is 419. The van der Waals surface area contributed by atoms with Crippen molar-refractivity contribution >= 4 is 34.9 Å². The van der Waals surface area contributed by atoms with Crippen molar-refractivity contribution in [1.29, 1.82) is 0 Å². The van der Waals surface area contributed by atoms with E-state index in [2.05, 4.69) is 9.69 Å². The van der Waals surface area contributed by atoms with Crippen LogP contribution in [0.1, 0.15) is 22.3 Å². The highest BCUT2D eigenvalue weighted by Crippen LogP contribution is 2.23. The molecule has 1 aromatic heterocycles. The molecule has 1 rings (SSSR count). The number of aromatic nitrogens is 1. The van der Waals surface area contributed by atoms with E-state index in [0.717, 1.165) is 11.5 Å². The van der Waals surface area contributed by atoms with Crippen molar-refractivity contribution in [2.75, 3.05) is 13.7 Å². The van der Waals surface area contributed by atoms with Gasteiger partial charge in [-0.3, -0.25) is 9.59 Å². The van der Waals surface area contributed by atoms with E-state index in [-0.39, 0.29) is 18.5 Å². The smallest absolute Gasteiger partial charge is 0.265 e. The maximum absolute atomic E-state index is 11.6. The molecule has 0 radical (unpaired) electrons. The summed E-state index contributed by atoms with van der Waals surface area (Å²) in [5, 5.41) is 2.95. The second kappa shape index (κ2) is 5.27. The summed E-state index contributed by atoms with van der Waals surface area (Å²) in [6.07, 6.45) is 0. The molecule has 0 saturated heterocycles. The lowest BCUT2D eigenvalue weighted by Crippen LogP contribution is -2.37. The fraction of sp³-hybridized carbons (Fsp3) is 0.444. The Labute approximate surface area is 103 Å². The van der Waals surface area contributed by atoms with Crippen molar-refractivity contribution in [1.82, 2.24) is 14.6 Å². The predicted molar refractivity (Wildman–Crippen MR) is 62.6 cm³/mol. The van der Waals surface area contributed by atoms with Gasteiger partial charge in [0.2, 0.25) is 5.91 Å². The van der Waals surface area contributed by atoms with Crippen LogP contribution < -0.4 is 5.32 Å². The van der Waals surface area contributed by atoms with Crippen molar-refractivity contribution in [3.05, 3.63) is 15.6 Å². The van der Waals surface area contributed by atoms with E-state index in [1.54, 1.807) is 14.0 Å². The number of carbonyl (C=O) groups excluding carboxylic acids is 2. The normalized spacial score (nSPS) is 10.0. The maximum Gasteiger partial charge on any atom is 0.265 e. The summed E-state index contributed by atoms with van der Waals surface area (Å²) in [6, 6.07) is 0. The van der Waals surface area contributed by atoms with Gasteiger partial charge in [-0.2, -0.15) is 4.37 Å². The average molecular weight is 262 g/mol. The third-order valence-electron chi connectivity index (χ3n) is 2.01. The number of amides is 2. The van der Waals surface area contributed by atoms with Crippen molar-refractivity contribution in [2.24, 2.45) is 0 Å². The van der Waals surface area contributed by atoms with E-state index in [9.17, 15) is 9.59 Å². The molecule has 0 bridgehead atoms. The minimum absolute atomic E-state index is 0.119. The minimum atomic E-state index is -0.316. The Morgan fingerprint density at radius 2 is 2.19 bits per heavy atom. The topological polar surface area (TPSA) is 62.3 Å². The lowest BCUT2D eigenvalue weighted by molar-refractivity contribution is -0.127. The summed E-state index contributed by atoms with van der Waals surface area (Å²) in [4.78, 5) is 24.3. The van der Waals surface area contributed by atoms with Crippen LogP contribution in [-0.4, -0.2) is 34.8 Å². The zero-order chi connectivity index (χ0) is 12.3. The van der Waals surface area contributed by atoms with Gasteiger partial charge in [0.05, 0.1) is 17.4 Å². The lowest BCUT2D eigenvalue weighted by atomic mass is 10.4. The Kier molecular flexibility index (Phi) is 4.26. The van der Waals surface area contributed by atoms with Crippen LogP contribution in [0.3, 0.4) is 0 Å². The Morgan fingerprint density at radius 1 is 1.56 bits per heavy atom. The van der Waals surface area contributed by atoms with E-state index < -0.39 is 0 Å². The molecule has 0 fully saturated rings. The molecule has 2 amide bonds. The molecule has 0 unspecified atom stereocenters. The number of nitrogens with one attached hydrogen (secondary N) is 1. The Balaban J connectivity index is 2.60. The molecule has 0 atom stereocenters. The number of aryl methyl sites for hydroxylation is 1. The number of carbonyl (C=O) groups is 2. The third kappa shape index (κ3) is 2.93. The fourth-order valence-corrected chi connectivity index (χ4v) is 1.87. The number of nitrogens with zero attached hydrogens (tertiary/aromatic N) is 2. The van der Waals surface area contributed by atoms with Gasteiger partial charge in [-0.1, -0.05) is 11.6 Å². The summed E-state index contributed by atoms with van der Waals surface area (Å²) in [5.74, 6) is -0.435. The highest BCUT2D eigenvalue weighted by atomic mass is 35.5. The molecule has 7 heteroatoms. The van der Waals surface area contributed by atoms with Gasteiger partial charge < -0.3 is 10.2 Å². The molecule has 0 aliphatic carbocycles. The Hall–Kier alpha value is -1.14. The molecular weight excluding hydrogens is 250 g/mol. The van der Waals surface area contributed by atoms with E-state index >= 15 is 0 Å². The van der Waals surface area contributed by atoms with Crippen LogP contribution in [0.15, 0.2) is 0 Å². The van der Waals surface area contributed by atoms with Crippen molar-refractivity contribution < 1.29 is 9.59 Å². The standard InChI is InChI=1S/C9H12ClN3O2S/c1-5-7(10)8(16-12-5)9(15)11-4-13(3)6(2)14/h4H2,1-3H3,(H,11,15). The van der Waals surface area contributed by atoms with Gasteiger partial charge in [-0.15, -0.1) is 0 Å². The van der Waals surface area contributed by atoms with E-state index in [0.29, 0.717) is 15.6 Å². The Morgan fingerprint density at radius 3 is 2.62 bits per heavy atom. The summed E-state index contributed by atoms with van der Waals surface area (Å²) < 4.78 is 3.97. The van der Waals surface area contributed by atoms with Crippen LogP contribution in [0.4, 0.5) is 0 Å². The molecule has 0 aromatic carbocycles. The SMILES string of the molecule is CC(=O)N(C)CNC(=O)c1snc(C)c1Cl. The van der Waals surface area contributed by atoms with Gasteiger partial charge in [-0.25, -0.2) is 0 Å². The summed E-state index contributed by atoms with van der Waals surface area (Å²) >= 11 is 6.93. The molecule has 0 aliphatic rings. The first-order valence-corrected chi connectivity index (χ1v) is 5.70. The lowest BCUT2D eigenvalue weighted by Gasteiger charge is -2.14. The van der Waals surface area contributed by atoms with E-state index in [1.807, 2.05) is 0 Å². The highest BCUT2D eigenvalue weighted by molar-refractivity contribution is 7.08. The first-order valence-electron chi connectivity index (χ1n) is 4.55. The number of rotatable bonds is 3. The molecule has 88 valence electrons. The first-order chi connectivity index (χ1) is 7.43. The number of halogens is 1. The fourth-order valence-electron chi connectivity index (χ4n) is 0.882. The van der Waals surface area contributed by atoms with Crippen LogP contribution in [0.2, 0.25) is 5.02 Å². The third-order valence-corrected chi connectivity index (χ3v) is 3.52. The predicted octanol–water partition coefficient (Wildman–Crippen LogP) is 1.27. The monoisotopic (exact) mass is 261 g/mol. The van der Waals surface area contributed by atoms with Crippen LogP contribution in [0.5, 0.6) is 0 Å². The molecule has 5 nitrogen and oxygen atoms in total. The van der Waals surface area contributed by atoms with Gasteiger partial charge in [0.15, 0.2) is 0 Å². The molecule has 0 aliphatic heterocycles. The van der Waals surface area contributed by atoms with Gasteiger partial charge >= 0.3 is 0 Å². The molecule has 1 N–H and O–H groups in total. The van der Waals surface area contributed by atoms with Crippen LogP contribution >= 0.6 is 23.1 Å². The van der Waals surface area contributed by atoms with Crippen molar-refractivity contribution in [3.63, 3.8) is 0 Å². The van der Waals surface area contributed by atoms with Crippen LogP contribution in [-0.2, 0) is 4.79 Å². The second-order valence-electron chi connectivity index (χ2n) is 3.29. The molecule has 0 spiro atoms. The number of hydrogen-bond donors (Lipinski definition) is 1. The number of hydrogen-bond acceptors (Lipinski definition) is 4. The van der Waals surface area contributed by atoms with Crippen molar-refractivity contribution in [2.45, 2.75) is 13.8 Å². The molecular formula is C9H12ClN3O2S. The van der Waals surface area contributed by atoms with Gasteiger partial charge in [0.1, 0.15) is 4.88 Å². The zero-order valence-electron chi connectivity index (χ0n) is 9.20. The van der Waals surface area contributed by atoms with E-state index in [4.69, 9.17) is 11.6 Å². The average Bonchev–Trinajstić information content (AvgIpc) is 2.55. The summed E-state index contributed by atoms with van der Waals surface area (Å²) in [5.41, 5.74) is 0.636. The quantitative estimate of drug-likeness (QED) is 0.834. The van der Waals surface area contributed by atoms with Crippen LogP contribution in [0, 0.1) is 6.92 Å². The van der Waals surface area contributed by atoms with Gasteiger partial charge in [0.25, 0.3) is 5.91 Å². The van der Waals surface area contributed by atoms with Gasteiger partial charge in [-0.05, 0) is 18.5 Å². The zero-order valence-corrected chi connectivity index (χ0v) is 10.8. The summed E-state index contributed by atoms with van der Waals surface area (Å²) in [7, 11) is 1.60. The largest absolute Gasteiger partial charge is 0.334 e. The summed E-state index contributed by atoms with van der Waals surface area (Å²) in [6.45, 7) is 3.31. The highest BCUT2D eigenvalue weighted by Gasteiger charge is 2.16. The van der Waals surface area contributed by atoms with E-state index in [1.165, 1.54) is 11.8 Å². The van der Waals surface area contributed by atoms with Crippen LogP contribution in [0.25, 0.3) is 0 Å². The molecule has 1 aromatic rings. The molecule has 1 heterocycles. The second-order valence-corrected chi connectivity index (χ2v) is 4.44. The molecule has 16 heavy (non-hydrogen) atoms. The minimum Gasteiger partial charge on any atom is -0.334 e. The van der Waals surface area contributed by atoms with Gasteiger partial charge in [0, 0.05) is 14.0 Å². The first kappa shape index (κ1) is 12.9. The van der Waals surface area contributed by atoms with Crippen molar-refractivity contribution in [3.8, 4) is 0 Å².